The molecule has 1 fully saturated rings. The van der Waals surface area contributed by atoms with Gasteiger partial charge >= 0.3 is 5.97 Å². The highest BCUT2D eigenvalue weighted by Gasteiger charge is 2.28. The number of fused-ring (bicyclic) bond motifs is 2. The number of para-hydroxylation sites is 4. The van der Waals surface area contributed by atoms with Gasteiger partial charge in [-0.1, -0.05) is 54.6 Å². The van der Waals surface area contributed by atoms with Crippen LogP contribution in [-0.4, -0.2) is 44.8 Å². The summed E-state index contributed by atoms with van der Waals surface area (Å²) in [6, 6.07) is 26.8. The first kappa shape index (κ1) is 23.3. The van der Waals surface area contributed by atoms with Gasteiger partial charge in [0.2, 0.25) is 5.95 Å². The number of hydrogen-bond donors (Lipinski definition) is 0. The minimum Gasteiger partial charge on any atom is -0.464 e. The second-order valence-electron chi connectivity index (χ2n) is 9.70. The Labute approximate surface area is 216 Å². The van der Waals surface area contributed by atoms with Crippen LogP contribution in [0.5, 0.6) is 0 Å². The molecule has 0 unspecified atom stereocenters. The van der Waals surface area contributed by atoms with Crippen molar-refractivity contribution in [1.29, 1.82) is 0 Å². The Morgan fingerprint density at radius 2 is 1.46 bits per heavy atom. The van der Waals surface area contributed by atoms with E-state index in [1.165, 1.54) is 5.56 Å². The molecule has 1 aliphatic heterocycles. The normalized spacial score (nSPS) is 14.5. The number of anilines is 1. The molecule has 0 saturated carbocycles. The minimum absolute atomic E-state index is 0.0798. The van der Waals surface area contributed by atoms with Gasteiger partial charge in [-0.2, -0.15) is 0 Å². The lowest BCUT2D eigenvalue weighted by atomic mass is 9.97. The first-order chi connectivity index (χ1) is 18.2. The maximum absolute atomic E-state index is 12.9. The molecule has 1 saturated heterocycles. The van der Waals surface area contributed by atoms with Crippen LogP contribution in [0.25, 0.3) is 22.1 Å². The predicted molar refractivity (Wildman–Crippen MR) is 146 cm³/mol. The zero-order valence-electron chi connectivity index (χ0n) is 21.1. The second-order valence-corrected chi connectivity index (χ2v) is 9.70. The lowest BCUT2D eigenvalue weighted by Crippen LogP contribution is -2.38. The molecular formula is C30H31N5O2. The van der Waals surface area contributed by atoms with Crippen LogP contribution in [0, 0.1) is 12.8 Å². The van der Waals surface area contributed by atoms with E-state index in [9.17, 15) is 4.79 Å². The second kappa shape index (κ2) is 10.1. The minimum atomic E-state index is -0.0977. The van der Waals surface area contributed by atoms with Gasteiger partial charge in [-0.25, -0.2) is 9.97 Å². The first-order valence-corrected chi connectivity index (χ1v) is 13.0. The van der Waals surface area contributed by atoms with Gasteiger partial charge in [0.05, 0.1) is 41.1 Å². The fourth-order valence-corrected chi connectivity index (χ4v) is 5.37. The first-order valence-electron chi connectivity index (χ1n) is 13.0. The Balaban J connectivity index is 1.10. The summed E-state index contributed by atoms with van der Waals surface area (Å²) in [7, 11) is 0. The SMILES string of the molecule is Cc1nc2ccccc2n1CCOC(=O)C1CCN(c2nc3ccccc3n2Cc2ccccc2)CC1. The molecule has 0 N–H and O–H groups in total. The highest BCUT2D eigenvalue weighted by Crippen LogP contribution is 2.28. The van der Waals surface area contributed by atoms with Gasteiger partial charge in [0.1, 0.15) is 12.4 Å². The van der Waals surface area contributed by atoms with Gasteiger partial charge in [-0.15, -0.1) is 0 Å². The number of piperidine rings is 1. The van der Waals surface area contributed by atoms with Crippen LogP contribution in [0.4, 0.5) is 5.95 Å². The summed E-state index contributed by atoms with van der Waals surface area (Å²) >= 11 is 0. The summed E-state index contributed by atoms with van der Waals surface area (Å²) < 4.78 is 10.1. The molecule has 6 rings (SSSR count). The number of ether oxygens (including phenoxy) is 1. The number of aryl methyl sites for hydroxylation is 1. The van der Waals surface area contributed by atoms with E-state index in [2.05, 4.69) is 67.5 Å². The zero-order valence-corrected chi connectivity index (χ0v) is 21.1. The van der Waals surface area contributed by atoms with E-state index in [0.29, 0.717) is 13.2 Å². The van der Waals surface area contributed by atoms with E-state index in [1.54, 1.807) is 0 Å². The maximum atomic E-state index is 12.9. The molecule has 5 aromatic rings. The standard InChI is InChI=1S/C30H31N5O2/c1-22-31-25-11-5-7-13-27(25)34(22)19-20-37-29(36)24-15-17-33(18-16-24)30-32-26-12-6-8-14-28(26)35(30)21-23-9-3-2-4-10-23/h2-14,24H,15-21H2,1H3. The molecule has 188 valence electrons. The van der Waals surface area contributed by atoms with Crippen LogP contribution >= 0.6 is 0 Å². The van der Waals surface area contributed by atoms with Crippen LogP contribution < -0.4 is 4.90 Å². The van der Waals surface area contributed by atoms with Gasteiger partial charge in [0.15, 0.2) is 0 Å². The smallest absolute Gasteiger partial charge is 0.309 e. The van der Waals surface area contributed by atoms with Crippen molar-refractivity contribution in [2.45, 2.75) is 32.9 Å². The molecule has 3 heterocycles. The van der Waals surface area contributed by atoms with Gasteiger partial charge in [0, 0.05) is 13.1 Å². The zero-order chi connectivity index (χ0) is 25.2. The average Bonchev–Trinajstić information content (AvgIpc) is 3.46. The summed E-state index contributed by atoms with van der Waals surface area (Å²) in [5.41, 5.74) is 5.41. The summed E-state index contributed by atoms with van der Waals surface area (Å²) in [6.45, 7) is 5.28. The van der Waals surface area contributed by atoms with Crippen LogP contribution in [0.1, 0.15) is 24.2 Å². The third-order valence-electron chi connectivity index (χ3n) is 7.33. The lowest BCUT2D eigenvalue weighted by molar-refractivity contribution is -0.149. The summed E-state index contributed by atoms with van der Waals surface area (Å²) in [5, 5.41) is 0. The van der Waals surface area contributed by atoms with Crippen molar-refractivity contribution in [2.24, 2.45) is 5.92 Å². The highest BCUT2D eigenvalue weighted by atomic mass is 16.5. The van der Waals surface area contributed by atoms with Gasteiger partial charge < -0.3 is 18.8 Å². The molecule has 3 aromatic carbocycles. The third kappa shape index (κ3) is 4.69. The maximum Gasteiger partial charge on any atom is 0.309 e. The monoisotopic (exact) mass is 493 g/mol. The molecule has 7 nitrogen and oxygen atoms in total. The van der Waals surface area contributed by atoms with Gasteiger partial charge in [0.25, 0.3) is 0 Å². The summed E-state index contributed by atoms with van der Waals surface area (Å²) in [4.78, 5) is 24.8. The number of imidazole rings is 2. The van der Waals surface area contributed by atoms with Crippen molar-refractivity contribution in [3.63, 3.8) is 0 Å². The van der Waals surface area contributed by atoms with Gasteiger partial charge in [-0.3, -0.25) is 4.79 Å². The van der Waals surface area contributed by atoms with Crippen molar-refractivity contribution in [1.82, 2.24) is 19.1 Å². The molecule has 1 aliphatic rings. The Morgan fingerprint density at radius 3 is 2.19 bits per heavy atom. The molecule has 0 atom stereocenters. The fraction of sp³-hybridized carbons (Fsp3) is 0.300. The van der Waals surface area contributed by atoms with Crippen molar-refractivity contribution >= 4 is 34.0 Å². The number of nitrogens with zero attached hydrogens (tertiary/aromatic N) is 5. The average molecular weight is 494 g/mol. The van der Waals surface area contributed by atoms with Crippen molar-refractivity contribution in [2.75, 3.05) is 24.6 Å². The van der Waals surface area contributed by atoms with Crippen LogP contribution in [0.3, 0.4) is 0 Å². The van der Waals surface area contributed by atoms with E-state index in [-0.39, 0.29) is 11.9 Å². The van der Waals surface area contributed by atoms with E-state index in [1.807, 2.05) is 37.3 Å². The molecule has 0 aliphatic carbocycles. The molecule has 0 bridgehead atoms. The number of rotatable bonds is 7. The number of hydrogen-bond acceptors (Lipinski definition) is 5. The number of benzene rings is 3. The van der Waals surface area contributed by atoms with E-state index < -0.39 is 0 Å². The predicted octanol–water partition coefficient (Wildman–Crippen LogP) is 5.20. The topological polar surface area (TPSA) is 65.2 Å². The Kier molecular flexibility index (Phi) is 6.35. The largest absolute Gasteiger partial charge is 0.464 e. The fourth-order valence-electron chi connectivity index (χ4n) is 5.37. The molecular weight excluding hydrogens is 462 g/mol. The van der Waals surface area contributed by atoms with Gasteiger partial charge in [-0.05, 0) is 49.6 Å². The summed E-state index contributed by atoms with van der Waals surface area (Å²) in [6.07, 6.45) is 1.53. The van der Waals surface area contributed by atoms with Crippen LogP contribution in [0.15, 0.2) is 78.9 Å². The Morgan fingerprint density at radius 1 is 0.838 bits per heavy atom. The number of aromatic nitrogens is 4. The Hall–Kier alpha value is -4.13. The third-order valence-corrected chi connectivity index (χ3v) is 7.33. The van der Waals surface area contributed by atoms with Crippen LogP contribution in [-0.2, 0) is 22.6 Å². The molecule has 0 spiro atoms. The lowest BCUT2D eigenvalue weighted by Gasteiger charge is -2.32. The van der Waals surface area contributed by atoms with Crippen LogP contribution in [0.2, 0.25) is 0 Å². The number of esters is 1. The highest BCUT2D eigenvalue weighted by molar-refractivity contribution is 5.79. The van der Waals surface area contributed by atoms with Crippen molar-refractivity contribution in [3.8, 4) is 0 Å². The molecule has 2 aromatic heterocycles. The summed E-state index contributed by atoms with van der Waals surface area (Å²) in [5.74, 6) is 1.73. The van der Waals surface area contributed by atoms with Crippen molar-refractivity contribution in [3.05, 3.63) is 90.3 Å². The van der Waals surface area contributed by atoms with Crippen molar-refractivity contribution < 1.29 is 9.53 Å². The Bertz CT molecular complexity index is 1530. The molecule has 0 amide bonds. The van der Waals surface area contributed by atoms with E-state index in [4.69, 9.17) is 9.72 Å². The molecule has 0 radical (unpaired) electrons. The molecule has 7 heteroatoms. The van der Waals surface area contributed by atoms with E-state index >= 15 is 0 Å². The molecule has 37 heavy (non-hydrogen) atoms. The quantitative estimate of drug-likeness (QED) is 0.292. The van der Waals surface area contributed by atoms with E-state index in [0.717, 1.165) is 66.3 Å². The number of carbonyl (C=O) groups is 1. The number of carbonyl (C=O) groups excluding carboxylic acids is 1.